The number of nitrogens with two attached hydrogens (primary N) is 1. The van der Waals surface area contributed by atoms with Crippen LogP contribution in [0.4, 0.5) is 4.79 Å². The average Bonchev–Trinajstić information content (AvgIpc) is 3.23. The van der Waals surface area contributed by atoms with E-state index < -0.39 is 12.1 Å². The predicted molar refractivity (Wildman–Crippen MR) is 115 cm³/mol. The Balaban J connectivity index is 1.80. The minimum Gasteiger partial charge on any atom is -0.493 e. The average molecular weight is 432 g/mol. The molecule has 2 atom stereocenters. The first-order chi connectivity index (χ1) is 14.4. The molecule has 3 amide bonds. The molecule has 2 aromatic carbocycles. The summed E-state index contributed by atoms with van der Waals surface area (Å²) in [4.78, 5) is 26.5. The Labute approximate surface area is 181 Å². The largest absolute Gasteiger partial charge is 0.493 e. The highest BCUT2D eigenvalue weighted by atomic mass is 35.5. The van der Waals surface area contributed by atoms with Gasteiger partial charge in [0.2, 0.25) is 5.91 Å². The Kier molecular flexibility index (Phi) is 7.05. The molecule has 3 rings (SSSR count). The van der Waals surface area contributed by atoms with Crippen LogP contribution in [0.1, 0.15) is 42.5 Å². The number of amides is 3. The maximum Gasteiger partial charge on any atom is 0.312 e. The van der Waals surface area contributed by atoms with E-state index in [0.717, 1.165) is 24.0 Å². The van der Waals surface area contributed by atoms with Crippen LogP contribution in [0, 0.1) is 0 Å². The summed E-state index contributed by atoms with van der Waals surface area (Å²) in [5, 5.41) is 3.25. The highest BCUT2D eigenvalue weighted by Crippen LogP contribution is 2.37. The molecule has 0 bridgehead atoms. The zero-order chi connectivity index (χ0) is 21.7. The number of benzene rings is 2. The van der Waals surface area contributed by atoms with Gasteiger partial charge in [0.05, 0.1) is 32.7 Å². The fourth-order valence-corrected chi connectivity index (χ4v) is 4.01. The normalized spacial score (nSPS) is 16.8. The van der Waals surface area contributed by atoms with Crippen LogP contribution in [-0.4, -0.2) is 37.6 Å². The van der Waals surface area contributed by atoms with Gasteiger partial charge in [0.1, 0.15) is 0 Å². The molecular formula is C22H26ClN3O4. The number of carbonyl (C=O) groups is 2. The van der Waals surface area contributed by atoms with Gasteiger partial charge in [0.25, 0.3) is 0 Å². The number of urea groups is 1. The van der Waals surface area contributed by atoms with Crippen LogP contribution in [0.2, 0.25) is 5.02 Å². The molecule has 0 spiro atoms. The molecule has 1 aliphatic rings. The molecule has 0 saturated carbocycles. The van der Waals surface area contributed by atoms with Gasteiger partial charge in [0, 0.05) is 11.6 Å². The van der Waals surface area contributed by atoms with Crippen molar-refractivity contribution in [2.45, 2.75) is 31.3 Å². The summed E-state index contributed by atoms with van der Waals surface area (Å²) in [5.41, 5.74) is 7.10. The number of methoxy groups -OCH3 is 2. The van der Waals surface area contributed by atoms with E-state index in [1.807, 2.05) is 23.1 Å². The van der Waals surface area contributed by atoms with Gasteiger partial charge in [0.15, 0.2) is 11.5 Å². The number of hydrogen-bond acceptors (Lipinski definition) is 4. The molecule has 30 heavy (non-hydrogen) atoms. The number of halogens is 1. The number of nitrogens with one attached hydrogen (secondary N) is 1. The molecule has 7 nitrogen and oxygen atoms in total. The van der Waals surface area contributed by atoms with Crippen molar-refractivity contribution in [2.75, 3.05) is 20.8 Å². The molecule has 1 aliphatic heterocycles. The Morgan fingerprint density at radius 1 is 1.17 bits per heavy atom. The van der Waals surface area contributed by atoms with Crippen molar-refractivity contribution < 1.29 is 19.1 Å². The van der Waals surface area contributed by atoms with E-state index in [0.29, 0.717) is 23.1 Å². The molecule has 3 N–H and O–H groups in total. The van der Waals surface area contributed by atoms with Crippen molar-refractivity contribution in [1.29, 1.82) is 0 Å². The van der Waals surface area contributed by atoms with Crippen molar-refractivity contribution in [3.63, 3.8) is 0 Å². The second kappa shape index (κ2) is 9.71. The van der Waals surface area contributed by atoms with Crippen LogP contribution >= 0.6 is 11.6 Å². The van der Waals surface area contributed by atoms with E-state index in [-0.39, 0.29) is 18.4 Å². The number of rotatable bonds is 7. The van der Waals surface area contributed by atoms with E-state index in [9.17, 15) is 9.59 Å². The summed E-state index contributed by atoms with van der Waals surface area (Å²) in [5.74, 6) is 1.22. The highest BCUT2D eigenvalue weighted by Gasteiger charge is 2.32. The maximum atomic E-state index is 13.2. The molecule has 8 heteroatoms. The SMILES string of the molecule is COc1ccc([C@H]2CCCN2C(=O)C[C@@H](NC(N)=O)c2ccc(Cl)cc2)cc1OC. The lowest BCUT2D eigenvalue weighted by molar-refractivity contribution is -0.132. The Morgan fingerprint density at radius 2 is 1.87 bits per heavy atom. The van der Waals surface area contributed by atoms with E-state index >= 15 is 0 Å². The first-order valence-electron chi connectivity index (χ1n) is 9.75. The third-order valence-electron chi connectivity index (χ3n) is 5.33. The van der Waals surface area contributed by atoms with Crippen molar-refractivity contribution in [2.24, 2.45) is 5.73 Å². The summed E-state index contributed by atoms with van der Waals surface area (Å²) in [7, 11) is 3.18. The summed E-state index contributed by atoms with van der Waals surface area (Å²) in [6, 6.07) is 11.5. The van der Waals surface area contributed by atoms with Crippen LogP contribution in [-0.2, 0) is 4.79 Å². The van der Waals surface area contributed by atoms with Crippen molar-refractivity contribution in [3.8, 4) is 11.5 Å². The molecule has 1 fully saturated rings. The Morgan fingerprint density at radius 3 is 2.50 bits per heavy atom. The summed E-state index contributed by atoms with van der Waals surface area (Å²) < 4.78 is 10.7. The summed E-state index contributed by atoms with van der Waals surface area (Å²) >= 11 is 5.96. The zero-order valence-electron chi connectivity index (χ0n) is 17.1. The molecule has 160 valence electrons. The molecule has 1 saturated heterocycles. The minimum absolute atomic E-state index is 0.0546. The van der Waals surface area contributed by atoms with Gasteiger partial charge < -0.3 is 25.4 Å². The molecule has 0 unspecified atom stereocenters. The number of nitrogens with zero attached hydrogens (tertiary/aromatic N) is 1. The quantitative estimate of drug-likeness (QED) is 0.696. The number of ether oxygens (including phenoxy) is 2. The molecule has 2 aromatic rings. The van der Waals surface area contributed by atoms with Crippen molar-refractivity contribution in [1.82, 2.24) is 10.2 Å². The van der Waals surface area contributed by atoms with E-state index in [1.54, 1.807) is 38.5 Å². The van der Waals surface area contributed by atoms with Gasteiger partial charge in [-0.1, -0.05) is 29.8 Å². The molecular weight excluding hydrogens is 406 g/mol. The molecule has 0 aromatic heterocycles. The van der Waals surface area contributed by atoms with E-state index in [4.69, 9.17) is 26.8 Å². The third kappa shape index (κ3) is 4.97. The summed E-state index contributed by atoms with van der Waals surface area (Å²) in [6.07, 6.45) is 1.87. The van der Waals surface area contributed by atoms with Gasteiger partial charge in [-0.2, -0.15) is 0 Å². The Hall–Kier alpha value is -2.93. The third-order valence-corrected chi connectivity index (χ3v) is 5.59. The summed E-state index contributed by atoms with van der Waals surface area (Å²) in [6.45, 7) is 0.655. The molecule has 0 radical (unpaired) electrons. The lowest BCUT2D eigenvalue weighted by Gasteiger charge is -2.28. The van der Waals surface area contributed by atoms with E-state index in [2.05, 4.69) is 5.32 Å². The van der Waals surface area contributed by atoms with Crippen LogP contribution in [0.5, 0.6) is 11.5 Å². The van der Waals surface area contributed by atoms with Crippen LogP contribution in [0.3, 0.4) is 0 Å². The van der Waals surface area contributed by atoms with Gasteiger partial charge >= 0.3 is 6.03 Å². The number of primary amides is 1. The minimum atomic E-state index is -0.680. The lowest BCUT2D eigenvalue weighted by atomic mass is 10.0. The number of hydrogen-bond donors (Lipinski definition) is 2. The van der Waals surface area contributed by atoms with Gasteiger partial charge in [-0.05, 0) is 48.2 Å². The fourth-order valence-electron chi connectivity index (χ4n) is 3.88. The number of likely N-dealkylation sites (tertiary alicyclic amines) is 1. The molecule has 0 aliphatic carbocycles. The first-order valence-corrected chi connectivity index (χ1v) is 10.1. The second-order valence-electron chi connectivity index (χ2n) is 7.18. The second-order valence-corrected chi connectivity index (χ2v) is 7.61. The monoisotopic (exact) mass is 431 g/mol. The Bertz CT molecular complexity index is 904. The van der Waals surface area contributed by atoms with Gasteiger partial charge in [-0.15, -0.1) is 0 Å². The predicted octanol–water partition coefficient (Wildman–Crippen LogP) is 3.82. The van der Waals surface area contributed by atoms with Gasteiger partial charge in [-0.3, -0.25) is 4.79 Å². The number of carbonyl (C=O) groups excluding carboxylic acids is 2. The van der Waals surface area contributed by atoms with Crippen LogP contribution < -0.4 is 20.5 Å². The van der Waals surface area contributed by atoms with Crippen LogP contribution in [0.25, 0.3) is 0 Å². The van der Waals surface area contributed by atoms with Crippen molar-refractivity contribution in [3.05, 3.63) is 58.6 Å². The highest BCUT2D eigenvalue weighted by molar-refractivity contribution is 6.30. The first kappa shape index (κ1) is 21.8. The fraction of sp³-hybridized carbons (Fsp3) is 0.364. The van der Waals surface area contributed by atoms with Crippen molar-refractivity contribution >= 4 is 23.5 Å². The zero-order valence-corrected chi connectivity index (χ0v) is 17.8. The smallest absolute Gasteiger partial charge is 0.312 e. The standard InChI is InChI=1S/C22H26ClN3O4/c1-29-19-10-7-15(12-20(19)30-2)18-4-3-11-26(18)21(27)13-17(25-22(24)28)14-5-8-16(23)9-6-14/h5-10,12,17-18H,3-4,11,13H2,1-2H3,(H3,24,25,28)/t17-,18-/m1/s1. The van der Waals surface area contributed by atoms with Gasteiger partial charge in [-0.25, -0.2) is 4.79 Å². The van der Waals surface area contributed by atoms with Crippen LogP contribution in [0.15, 0.2) is 42.5 Å². The topological polar surface area (TPSA) is 93.9 Å². The van der Waals surface area contributed by atoms with E-state index in [1.165, 1.54) is 0 Å². The molecule has 1 heterocycles. The maximum absolute atomic E-state index is 13.2. The lowest BCUT2D eigenvalue weighted by Crippen LogP contribution is -2.38.